The molecule has 0 aromatic rings. The fourth-order valence-corrected chi connectivity index (χ4v) is 1.81. The van der Waals surface area contributed by atoms with Gasteiger partial charge in [-0.15, -0.1) is 5.06 Å². The number of hydrogen-bond donors (Lipinski definition) is 0. The summed E-state index contributed by atoms with van der Waals surface area (Å²) in [5, 5.41) is 0.517. The quantitative estimate of drug-likeness (QED) is 0.532. The van der Waals surface area contributed by atoms with Crippen molar-refractivity contribution in [1.82, 2.24) is 5.06 Å². The number of hydrogen-bond acceptors (Lipinski definition) is 6. The van der Waals surface area contributed by atoms with Crippen LogP contribution in [0.15, 0.2) is 0 Å². The van der Waals surface area contributed by atoms with Crippen LogP contribution in [0, 0.1) is 0 Å². The lowest BCUT2D eigenvalue weighted by Crippen LogP contribution is -2.32. The van der Waals surface area contributed by atoms with Gasteiger partial charge in [-0.1, -0.05) is 11.8 Å². The number of carbonyl (C=O) groups is 4. The highest BCUT2D eigenvalue weighted by atomic mass is 32.2. The molecule has 0 spiro atoms. The van der Waals surface area contributed by atoms with E-state index in [2.05, 4.69) is 4.84 Å². The second-order valence-corrected chi connectivity index (χ2v) is 4.76. The van der Waals surface area contributed by atoms with E-state index in [-0.39, 0.29) is 24.4 Å². The van der Waals surface area contributed by atoms with Gasteiger partial charge in [0.15, 0.2) is 5.12 Å². The summed E-state index contributed by atoms with van der Waals surface area (Å²) in [5.74, 6) is -1.08. The fourth-order valence-electron chi connectivity index (χ4n) is 1.24. The summed E-state index contributed by atoms with van der Waals surface area (Å²) in [5.41, 5.74) is 0. The predicted octanol–water partition coefficient (Wildman–Crippen LogP) is 0.653. The summed E-state index contributed by atoms with van der Waals surface area (Å²) >= 11 is 1.12. The van der Waals surface area contributed by atoms with E-state index >= 15 is 0 Å². The summed E-state index contributed by atoms with van der Waals surface area (Å²) in [6, 6.07) is 0. The van der Waals surface area contributed by atoms with Crippen LogP contribution >= 0.6 is 11.8 Å². The fraction of sp³-hybridized carbons (Fsp3) is 0.600. The Morgan fingerprint density at radius 3 is 2.41 bits per heavy atom. The van der Waals surface area contributed by atoms with Crippen LogP contribution in [-0.2, 0) is 24.0 Å². The van der Waals surface area contributed by atoms with Gasteiger partial charge < -0.3 is 4.84 Å². The van der Waals surface area contributed by atoms with Crippen LogP contribution < -0.4 is 0 Å². The zero-order chi connectivity index (χ0) is 12.8. The first-order valence-electron chi connectivity index (χ1n) is 5.20. The average molecular weight is 259 g/mol. The van der Waals surface area contributed by atoms with Crippen LogP contribution in [0.4, 0.5) is 0 Å². The van der Waals surface area contributed by atoms with Crippen LogP contribution in [0.5, 0.6) is 0 Å². The first-order valence-corrected chi connectivity index (χ1v) is 6.19. The number of thioether (sulfide) groups is 1. The van der Waals surface area contributed by atoms with E-state index < -0.39 is 17.8 Å². The van der Waals surface area contributed by atoms with Gasteiger partial charge in [-0.25, -0.2) is 4.79 Å². The van der Waals surface area contributed by atoms with Gasteiger partial charge in [0.25, 0.3) is 11.8 Å². The minimum atomic E-state index is -0.627. The minimum Gasteiger partial charge on any atom is -0.330 e. The molecule has 1 aliphatic heterocycles. The molecule has 1 saturated heterocycles. The monoisotopic (exact) mass is 259 g/mol. The van der Waals surface area contributed by atoms with Crippen molar-refractivity contribution in [2.45, 2.75) is 32.6 Å². The van der Waals surface area contributed by atoms with Crippen molar-refractivity contribution < 1.29 is 24.0 Å². The number of nitrogens with zero attached hydrogens (tertiary/aromatic N) is 1. The molecule has 6 nitrogen and oxygen atoms in total. The molecule has 94 valence electrons. The van der Waals surface area contributed by atoms with Crippen LogP contribution in [0.2, 0.25) is 0 Å². The van der Waals surface area contributed by atoms with E-state index in [1.54, 1.807) is 0 Å². The lowest BCUT2D eigenvalue weighted by atomic mass is 10.3. The van der Waals surface area contributed by atoms with Crippen LogP contribution in [0.3, 0.4) is 0 Å². The molecule has 0 unspecified atom stereocenters. The van der Waals surface area contributed by atoms with Crippen molar-refractivity contribution in [3.05, 3.63) is 0 Å². The van der Waals surface area contributed by atoms with Gasteiger partial charge in [-0.3, -0.25) is 14.4 Å². The van der Waals surface area contributed by atoms with Gasteiger partial charge in [-0.05, 0) is 6.42 Å². The zero-order valence-electron chi connectivity index (χ0n) is 9.43. The van der Waals surface area contributed by atoms with Crippen molar-refractivity contribution in [3.63, 3.8) is 0 Å². The number of carbonyl (C=O) groups excluding carboxylic acids is 4. The molecule has 17 heavy (non-hydrogen) atoms. The minimum absolute atomic E-state index is 0.0109. The number of amides is 2. The lowest BCUT2D eigenvalue weighted by Gasteiger charge is -2.12. The molecule has 0 aromatic heterocycles. The molecule has 0 bridgehead atoms. The Kier molecular flexibility index (Phi) is 5.14. The van der Waals surface area contributed by atoms with Crippen LogP contribution in [-0.4, -0.2) is 33.7 Å². The van der Waals surface area contributed by atoms with Gasteiger partial charge in [0.05, 0.1) is 0 Å². The number of hydroxylamine groups is 2. The molecule has 1 rings (SSSR count). The van der Waals surface area contributed by atoms with Crippen molar-refractivity contribution >= 4 is 34.7 Å². The molecule has 1 aliphatic rings. The summed E-state index contributed by atoms with van der Waals surface area (Å²) < 4.78 is 0. The van der Waals surface area contributed by atoms with E-state index in [4.69, 9.17) is 0 Å². The maximum atomic E-state index is 11.3. The molecule has 0 saturated carbocycles. The van der Waals surface area contributed by atoms with Gasteiger partial charge in [0, 0.05) is 31.9 Å². The van der Waals surface area contributed by atoms with E-state index in [9.17, 15) is 19.2 Å². The highest BCUT2D eigenvalue weighted by Gasteiger charge is 2.32. The molecule has 2 amide bonds. The molecular weight excluding hydrogens is 246 g/mol. The molecular formula is C10H13NO5S. The SMILES string of the molecule is CC(=O)SCCCC(=O)ON1C(=O)CCC1=O. The summed E-state index contributed by atoms with van der Waals surface area (Å²) in [4.78, 5) is 48.8. The average Bonchev–Trinajstić information content (AvgIpc) is 2.56. The Bertz CT molecular complexity index is 339. The van der Waals surface area contributed by atoms with Crippen molar-refractivity contribution in [1.29, 1.82) is 0 Å². The molecule has 0 aliphatic carbocycles. The van der Waals surface area contributed by atoms with Gasteiger partial charge in [0.2, 0.25) is 0 Å². The maximum absolute atomic E-state index is 11.3. The van der Waals surface area contributed by atoms with E-state index in [0.29, 0.717) is 17.2 Å². The Morgan fingerprint density at radius 2 is 1.88 bits per heavy atom. The summed E-state index contributed by atoms with van der Waals surface area (Å²) in [6.07, 6.45) is 0.731. The number of rotatable bonds is 5. The molecule has 0 atom stereocenters. The molecule has 7 heteroatoms. The second-order valence-electron chi connectivity index (χ2n) is 3.49. The van der Waals surface area contributed by atoms with Gasteiger partial charge >= 0.3 is 5.97 Å². The van der Waals surface area contributed by atoms with E-state index in [1.807, 2.05) is 0 Å². The third kappa shape index (κ3) is 4.56. The third-order valence-electron chi connectivity index (χ3n) is 2.03. The first kappa shape index (κ1) is 13.7. The standard InChI is InChI=1S/C10H13NO5S/c1-7(12)17-6-2-3-10(15)16-11-8(13)4-5-9(11)14/h2-6H2,1H3. The normalized spacial score (nSPS) is 15.2. The molecule has 1 fully saturated rings. The molecule has 0 radical (unpaired) electrons. The van der Waals surface area contributed by atoms with Crippen LogP contribution in [0.25, 0.3) is 0 Å². The first-order chi connectivity index (χ1) is 8.00. The third-order valence-corrected chi connectivity index (χ3v) is 2.93. The lowest BCUT2D eigenvalue weighted by molar-refractivity contribution is -0.197. The smallest absolute Gasteiger partial charge is 0.330 e. The largest absolute Gasteiger partial charge is 0.333 e. The van der Waals surface area contributed by atoms with Crippen molar-refractivity contribution in [2.24, 2.45) is 0 Å². The number of imide groups is 1. The van der Waals surface area contributed by atoms with Gasteiger partial charge in [0.1, 0.15) is 0 Å². The molecule has 1 heterocycles. The Balaban J connectivity index is 2.23. The van der Waals surface area contributed by atoms with Crippen molar-refractivity contribution in [3.8, 4) is 0 Å². The molecule has 0 aromatic carbocycles. The highest BCUT2D eigenvalue weighted by molar-refractivity contribution is 8.13. The summed E-state index contributed by atoms with van der Waals surface area (Å²) in [6.45, 7) is 1.45. The van der Waals surface area contributed by atoms with Crippen molar-refractivity contribution in [2.75, 3.05) is 5.75 Å². The van der Waals surface area contributed by atoms with E-state index in [1.165, 1.54) is 6.92 Å². The second kappa shape index (κ2) is 6.39. The molecule has 0 N–H and O–H groups in total. The van der Waals surface area contributed by atoms with Gasteiger partial charge in [-0.2, -0.15) is 0 Å². The topological polar surface area (TPSA) is 80.8 Å². The maximum Gasteiger partial charge on any atom is 0.333 e. The predicted molar refractivity (Wildman–Crippen MR) is 59.6 cm³/mol. The summed E-state index contributed by atoms with van der Waals surface area (Å²) in [7, 11) is 0. The zero-order valence-corrected chi connectivity index (χ0v) is 10.2. The highest BCUT2D eigenvalue weighted by Crippen LogP contribution is 2.13. The Hall–Kier alpha value is -1.37. The van der Waals surface area contributed by atoms with E-state index in [0.717, 1.165) is 11.8 Å². The Morgan fingerprint density at radius 1 is 1.29 bits per heavy atom. The van der Waals surface area contributed by atoms with Crippen LogP contribution in [0.1, 0.15) is 32.6 Å². The Labute approximate surface area is 103 Å².